The number of hydrogen-bond donors (Lipinski definition) is 1. The van der Waals surface area contributed by atoms with Crippen molar-refractivity contribution >= 4 is 0 Å². The molecule has 3 nitrogen and oxygen atoms in total. The monoisotopic (exact) mass is 229 g/mol. The largest absolute Gasteiger partial charge is 0.392 e. The fraction of sp³-hybridized carbons (Fsp3) is 1.00. The van der Waals surface area contributed by atoms with Crippen molar-refractivity contribution in [2.45, 2.75) is 51.2 Å². The highest BCUT2D eigenvalue weighted by Gasteiger charge is 2.23. The molecule has 0 aromatic heterocycles. The maximum atomic E-state index is 10.2. The summed E-state index contributed by atoms with van der Waals surface area (Å²) in [7, 11) is 3.79. The number of methoxy groups -OCH3 is 1. The molecule has 0 spiro atoms. The Hall–Kier alpha value is -0.120. The smallest absolute Gasteiger partial charge is 0.0695 e. The Kier molecular flexibility index (Phi) is 6.32. The zero-order chi connectivity index (χ0) is 12.0. The predicted molar refractivity (Wildman–Crippen MR) is 66.5 cm³/mol. The Bertz CT molecular complexity index is 181. The van der Waals surface area contributed by atoms with Crippen molar-refractivity contribution in [3.63, 3.8) is 0 Å². The lowest BCUT2D eigenvalue weighted by molar-refractivity contribution is 0.0306. The Balaban J connectivity index is 2.28. The van der Waals surface area contributed by atoms with Crippen LogP contribution in [0.25, 0.3) is 0 Å². The highest BCUT2D eigenvalue weighted by Crippen LogP contribution is 2.26. The van der Waals surface area contributed by atoms with Crippen molar-refractivity contribution < 1.29 is 9.84 Å². The first kappa shape index (κ1) is 13.9. The molecular weight excluding hydrogens is 202 g/mol. The molecule has 1 aliphatic rings. The van der Waals surface area contributed by atoms with Crippen LogP contribution < -0.4 is 0 Å². The van der Waals surface area contributed by atoms with Crippen LogP contribution in [0.4, 0.5) is 0 Å². The zero-order valence-corrected chi connectivity index (χ0v) is 11.0. The maximum Gasteiger partial charge on any atom is 0.0695 e. The van der Waals surface area contributed by atoms with E-state index in [0.29, 0.717) is 12.0 Å². The summed E-state index contributed by atoms with van der Waals surface area (Å²) >= 11 is 0. The average molecular weight is 229 g/mol. The van der Waals surface area contributed by atoms with E-state index in [2.05, 4.69) is 18.9 Å². The van der Waals surface area contributed by atoms with Gasteiger partial charge in [0, 0.05) is 19.7 Å². The summed E-state index contributed by atoms with van der Waals surface area (Å²) in [6, 6.07) is 0.378. The molecule has 0 radical (unpaired) electrons. The Morgan fingerprint density at radius 3 is 2.50 bits per heavy atom. The van der Waals surface area contributed by atoms with Crippen molar-refractivity contribution in [3.8, 4) is 0 Å². The summed E-state index contributed by atoms with van der Waals surface area (Å²) in [6.45, 7) is 3.64. The van der Waals surface area contributed by atoms with Gasteiger partial charge < -0.3 is 9.84 Å². The minimum atomic E-state index is -0.162. The number of aliphatic hydroxyl groups is 1. The molecule has 1 aliphatic carbocycles. The Morgan fingerprint density at radius 2 is 1.94 bits per heavy atom. The lowest BCUT2D eigenvalue weighted by Crippen LogP contribution is -2.41. The second-order valence-electron chi connectivity index (χ2n) is 5.21. The molecule has 96 valence electrons. The first-order chi connectivity index (χ1) is 7.65. The molecule has 0 aromatic carbocycles. The molecule has 16 heavy (non-hydrogen) atoms. The van der Waals surface area contributed by atoms with Crippen LogP contribution in [-0.2, 0) is 4.74 Å². The molecule has 1 fully saturated rings. The second-order valence-corrected chi connectivity index (χ2v) is 5.21. The van der Waals surface area contributed by atoms with Gasteiger partial charge in [0.1, 0.15) is 0 Å². The van der Waals surface area contributed by atoms with E-state index in [0.717, 1.165) is 13.2 Å². The van der Waals surface area contributed by atoms with Crippen molar-refractivity contribution in [1.29, 1.82) is 0 Å². The van der Waals surface area contributed by atoms with Crippen LogP contribution >= 0.6 is 0 Å². The van der Waals surface area contributed by atoms with Crippen LogP contribution in [0, 0.1) is 5.92 Å². The fourth-order valence-corrected chi connectivity index (χ4v) is 2.51. The van der Waals surface area contributed by atoms with Crippen molar-refractivity contribution in [2.75, 3.05) is 27.3 Å². The summed E-state index contributed by atoms with van der Waals surface area (Å²) < 4.78 is 5.13. The van der Waals surface area contributed by atoms with E-state index in [9.17, 15) is 5.11 Å². The van der Waals surface area contributed by atoms with E-state index in [1.807, 2.05) is 0 Å². The van der Waals surface area contributed by atoms with Crippen LogP contribution in [0.2, 0.25) is 0 Å². The maximum absolute atomic E-state index is 10.2. The summed E-state index contributed by atoms with van der Waals surface area (Å²) in [5.74, 6) is 0.519. The molecule has 0 amide bonds. The standard InChI is InChI=1S/C13H27NO2/c1-11(10-16-3)14(2)9-13(15)12-7-5-4-6-8-12/h11-13,15H,4-10H2,1-3H3. The van der Waals surface area contributed by atoms with E-state index in [4.69, 9.17) is 4.74 Å². The first-order valence-electron chi connectivity index (χ1n) is 6.52. The molecule has 0 bridgehead atoms. The van der Waals surface area contributed by atoms with Gasteiger partial charge in [-0.3, -0.25) is 4.90 Å². The molecule has 0 saturated heterocycles. The third-order valence-corrected chi connectivity index (χ3v) is 3.83. The molecule has 1 saturated carbocycles. The third kappa shape index (κ3) is 4.40. The normalized spacial score (nSPS) is 22.3. The summed E-state index contributed by atoms with van der Waals surface area (Å²) in [6.07, 6.45) is 6.17. The lowest BCUT2D eigenvalue weighted by Gasteiger charge is -2.32. The molecule has 3 heteroatoms. The second kappa shape index (κ2) is 7.25. The van der Waals surface area contributed by atoms with Crippen molar-refractivity contribution in [1.82, 2.24) is 4.90 Å². The van der Waals surface area contributed by atoms with Gasteiger partial charge in [-0.25, -0.2) is 0 Å². The van der Waals surface area contributed by atoms with Crippen LogP contribution in [0.5, 0.6) is 0 Å². The van der Waals surface area contributed by atoms with Crippen molar-refractivity contribution in [2.24, 2.45) is 5.92 Å². The van der Waals surface area contributed by atoms with Gasteiger partial charge in [-0.2, -0.15) is 0 Å². The molecule has 0 aromatic rings. The van der Waals surface area contributed by atoms with Crippen LogP contribution in [0.15, 0.2) is 0 Å². The zero-order valence-electron chi connectivity index (χ0n) is 11.0. The molecule has 2 unspecified atom stereocenters. The van der Waals surface area contributed by atoms with Gasteiger partial charge in [-0.1, -0.05) is 19.3 Å². The number of nitrogens with zero attached hydrogens (tertiary/aromatic N) is 1. The highest BCUT2D eigenvalue weighted by atomic mass is 16.5. The van der Waals surface area contributed by atoms with Gasteiger partial charge in [-0.15, -0.1) is 0 Å². The fourth-order valence-electron chi connectivity index (χ4n) is 2.51. The molecule has 2 atom stereocenters. The summed E-state index contributed by atoms with van der Waals surface area (Å²) in [5.41, 5.74) is 0. The average Bonchev–Trinajstić information content (AvgIpc) is 2.30. The predicted octanol–water partition coefficient (Wildman–Crippen LogP) is 1.89. The van der Waals surface area contributed by atoms with Crippen LogP contribution in [0.3, 0.4) is 0 Å². The van der Waals surface area contributed by atoms with Crippen LogP contribution in [-0.4, -0.2) is 49.5 Å². The van der Waals surface area contributed by atoms with Gasteiger partial charge in [0.25, 0.3) is 0 Å². The highest BCUT2D eigenvalue weighted by molar-refractivity contribution is 4.76. The summed E-state index contributed by atoms with van der Waals surface area (Å²) in [4.78, 5) is 2.20. The van der Waals surface area contributed by atoms with Gasteiger partial charge in [0.2, 0.25) is 0 Å². The van der Waals surface area contributed by atoms with E-state index < -0.39 is 0 Å². The van der Waals surface area contributed by atoms with E-state index in [1.54, 1.807) is 7.11 Å². The molecule has 1 N–H and O–H groups in total. The summed E-state index contributed by atoms with van der Waals surface area (Å²) in [5, 5.41) is 10.2. The number of ether oxygens (including phenoxy) is 1. The number of rotatable bonds is 6. The van der Waals surface area contributed by atoms with E-state index in [-0.39, 0.29) is 6.10 Å². The Morgan fingerprint density at radius 1 is 1.31 bits per heavy atom. The van der Waals surface area contributed by atoms with E-state index in [1.165, 1.54) is 32.1 Å². The lowest BCUT2D eigenvalue weighted by atomic mass is 9.85. The number of likely N-dealkylation sites (N-methyl/N-ethyl adjacent to an activating group) is 1. The van der Waals surface area contributed by atoms with Gasteiger partial charge in [-0.05, 0) is 32.7 Å². The topological polar surface area (TPSA) is 32.7 Å². The molecule has 1 rings (SSSR count). The minimum absolute atomic E-state index is 0.162. The van der Waals surface area contributed by atoms with Crippen LogP contribution in [0.1, 0.15) is 39.0 Å². The third-order valence-electron chi connectivity index (χ3n) is 3.83. The van der Waals surface area contributed by atoms with Gasteiger partial charge in [0.15, 0.2) is 0 Å². The molecule has 0 aliphatic heterocycles. The van der Waals surface area contributed by atoms with Gasteiger partial charge in [0.05, 0.1) is 12.7 Å². The number of hydrogen-bond acceptors (Lipinski definition) is 3. The minimum Gasteiger partial charge on any atom is -0.392 e. The first-order valence-corrected chi connectivity index (χ1v) is 6.52. The van der Waals surface area contributed by atoms with E-state index >= 15 is 0 Å². The molecule has 0 heterocycles. The van der Waals surface area contributed by atoms with Crippen molar-refractivity contribution in [3.05, 3.63) is 0 Å². The SMILES string of the molecule is COCC(C)N(C)CC(O)C1CCCCC1. The van der Waals surface area contributed by atoms with Gasteiger partial charge >= 0.3 is 0 Å². The molecular formula is C13H27NO2. The number of aliphatic hydroxyl groups excluding tert-OH is 1. The quantitative estimate of drug-likeness (QED) is 0.755. The Labute approximate surface area is 99.8 Å².